The Morgan fingerprint density at radius 2 is 1.84 bits per heavy atom. The molecular formula is C17H24N2. The van der Waals surface area contributed by atoms with Gasteiger partial charge in [0, 0.05) is 31.0 Å². The molecule has 0 amide bonds. The molecule has 0 saturated heterocycles. The summed E-state index contributed by atoms with van der Waals surface area (Å²) in [5.41, 5.74) is 2.80. The first-order chi connectivity index (χ1) is 9.25. The summed E-state index contributed by atoms with van der Waals surface area (Å²) >= 11 is 0. The number of aromatic nitrogens is 1. The third kappa shape index (κ3) is 4.56. The Morgan fingerprint density at radius 1 is 1.05 bits per heavy atom. The summed E-state index contributed by atoms with van der Waals surface area (Å²) in [5, 5.41) is 3.48. The van der Waals surface area contributed by atoms with Crippen LogP contribution in [0.25, 0.3) is 0 Å². The summed E-state index contributed by atoms with van der Waals surface area (Å²) < 4.78 is 2.36. The maximum absolute atomic E-state index is 3.48. The van der Waals surface area contributed by atoms with Crippen LogP contribution in [-0.4, -0.2) is 10.6 Å². The van der Waals surface area contributed by atoms with Crippen molar-refractivity contribution in [1.82, 2.24) is 9.88 Å². The molecule has 0 unspecified atom stereocenters. The van der Waals surface area contributed by atoms with Gasteiger partial charge in [-0.1, -0.05) is 44.2 Å². The van der Waals surface area contributed by atoms with Gasteiger partial charge in [-0.25, -0.2) is 0 Å². The lowest BCUT2D eigenvalue weighted by Gasteiger charge is -2.12. The van der Waals surface area contributed by atoms with Crippen molar-refractivity contribution in [2.45, 2.75) is 45.8 Å². The Hall–Kier alpha value is -1.54. The summed E-state index contributed by atoms with van der Waals surface area (Å²) in [4.78, 5) is 0. The highest BCUT2D eigenvalue weighted by Gasteiger charge is 2.01. The molecule has 2 aromatic rings. The highest BCUT2D eigenvalue weighted by Crippen LogP contribution is 2.07. The van der Waals surface area contributed by atoms with Crippen molar-refractivity contribution in [2.24, 2.45) is 0 Å². The Bertz CT molecular complexity index is 471. The molecule has 1 N–H and O–H groups in total. The van der Waals surface area contributed by atoms with Crippen LogP contribution in [0.5, 0.6) is 0 Å². The van der Waals surface area contributed by atoms with E-state index in [9.17, 15) is 0 Å². The van der Waals surface area contributed by atoms with Gasteiger partial charge >= 0.3 is 0 Å². The van der Waals surface area contributed by atoms with Gasteiger partial charge in [0.2, 0.25) is 0 Å². The molecular weight excluding hydrogens is 232 g/mol. The lowest BCUT2D eigenvalue weighted by Crippen LogP contribution is -2.23. The zero-order valence-electron chi connectivity index (χ0n) is 12.0. The quantitative estimate of drug-likeness (QED) is 0.800. The molecule has 0 aliphatic heterocycles. The van der Waals surface area contributed by atoms with Gasteiger partial charge in [0.05, 0.1) is 0 Å². The molecule has 0 bridgehead atoms. The van der Waals surface area contributed by atoms with E-state index in [2.05, 4.69) is 72.4 Å². The van der Waals surface area contributed by atoms with E-state index in [1.807, 2.05) is 0 Å². The average molecular weight is 256 g/mol. The van der Waals surface area contributed by atoms with Crippen LogP contribution < -0.4 is 5.32 Å². The van der Waals surface area contributed by atoms with Crippen LogP contribution in [0.2, 0.25) is 0 Å². The number of nitrogens with zero attached hydrogens (tertiary/aromatic N) is 1. The molecule has 0 saturated carbocycles. The third-order valence-electron chi connectivity index (χ3n) is 3.32. The van der Waals surface area contributed by atoms with Gasteiger partial charge in [0.1, 0.15) is 0 Å². The van der Waals surface area contributed by atoms with Crippen molar-refractivity contribution in [1.29, 1.82) is 0 Å². The molecule has 1 aromatic heterocycles. The van der Waals surface area contributed by atoms with Gasteiger partial charge in [-0.3, -0.25) is 0 Å². The number of rotatable bonds is 7. The van der Waals surface area contributed by atoms with Crippen LogP contribution in [0.4, 0.5) is 0 Å². The predicted octanol–water partition coefficient (Wildman–Crippen LogP) is 3.62. The molecule has 1 heterocycles. The minimum atomic E-state index is 0.535. The zero-order valence-corrected chi connectivity index (χ0v) is 12.0. The molecule has 102 valence electrons. The van der Waals surface area contributed by atoms with Gasteiger partial charge in [0.25, 0.3) is 0 Å². The third-order valence-corrected chi connectivity index (χ3v) is 3.32. The van der Waals surface area contributed by atoms with Crippen LogP contribution >= 0.6 is 0 Å². The van der Waals surface area contributed by atoms with E-state index in [1.54, 1.807) is 0 Å². The molecule has 1 aromatic carbocycles. The molecule has 0 spiro atoms. The summed E-state index contributed by atoms with van der Waals surface area (Å²) in [6, 6.07) is 15.6. The molecule has 0 atom stereocenters. The lowest BCUT2D eigenvalue weighted by molar-refractivity contribution is 0.546. The molecule has 0 radical (unpaired) electrons. The summed E-state index contributed by atoms with van der Waals surface area (Å²) in [7, 11) is 0. The average Bonchev–Trinajstić information content (AvgIpc) is 2.85. The van der Waals surface area contributed by atoms with E-state index in [0.29, 0.717) is 6.04 Å². The second-order valence-electron chi connectivity index (χ2n) is 5.32. The SMILES string of the molecule is CC(C)NCc1cccn1CCCc1ccccc1. The van der Waals surface area contributed by atoms with Crippen molar-refractivity contribution in [3.8, 4) is 0 Å². The van der Waals surface area contributed by atoms with Crippen LogP contribution in [0, 0.1) is 0 Å². The van der Waals surface area contributed by atoms with Gasteiger partial charge in [0.15, 0.2) is 0 Å². The van der Waals surface area contributed by atoms with Gasteiger partial charge in [-0.05, 0) is 30.5 Å². The maximum Gasteiger partial charge on any atom is 0.0361 e. The number of aryl methyl sites for hydroxylation is 2. The number of nitrogens with one attached hydrogen (secondary N) is 1. The van der Waals surface area contributed by atoms with Crippen molar-refractivity contribution in [3.63, 3.8) is 0 Å². The van der Waals surface area contributed by atoms with Crippen molar-refractivity contribution < 1.29 is 0 Å². The molecule has 19 heavy (non-hydrogen) atoms. The van der Waals surface area contributed by atoms with E-state index < -0.39 is 0 Å². The highest BCUT2D eigenvalue weighted by molar-refractivity contribution is 5.14. The molecule has 2 rings (SSSR count). The fourth-order valence-electron chi connectivity index (χ4n) is 2.23. The van der Waals surface area contributed by atoms with Gasteiger partial charge in [-0.15, -0.1) is 0 Å². The molecule has 0 fully saturated rings. The molecule has 0 aliphatic rings. The summed E-state index contributed by atoms with van der Waals surface area (Å²) in [6.07, 6.45) is 4.52. The normalized spacial score (nSPS) is 11.1. The van der Waals surface area contributed by atoms with E-state index in [0.717, 1.165) is 19.5 Å². The van der Waals surface area contributed by atoms with Crippen LogP contribution in [0.15, 0.2) is 48.7 Å². The van der Waals surface area contributed by atoms with E-state index in [1.165, 1.54) is 17.7 Å². The monoisotopic (exact) mass is 256 g/mol. The largest absolute Gasteiger partial charge is 0.350 e. The first kappa shape index (κ1) is 13.9. The van der Waals surface area contributed by atoms with Crippen LogP contribution in [0.1, 0.15) is 31.5 Å². The minimum Gasteiger partial charge on any atom is -0.350 e. The predicted molar refractivity (Wildman–Crippen MR) is 81.2 cm³/mol. The Morgan fingerprint density at radius 3 is 2.58 bits per heavy atom. The second kappa shape index (κ2) is 7.15. The highest BCUT2D eigenvalue weighted by atomic mass is 15.0. The summed E-state index contributed by atoms with van der Waals surface area (Å²) in [5.74, 6) is 0. The van der Waals surface area contributed by atoms with Crippen molar-refractivity contribution in [3.05, 3.63) is 59.9 Å². The topological polar surface area (TPSA) is 17.0 Å². The Labute approximate surface area is 116 Å². The fourth-order valence-corrected chi connectivity index (χ4v) is 2.23. The number of benzene rings is 1. The Kier molecular flexibility index (Phi) is 5.22. The molecule has 2 heteroatoms. The Balaban J connectivity index is 1.81. The van der Waals surface area contributed by atoms with E-state index in [4.69, 9.17) is 0 Å². The molecule has 0 aliphatic carbocycles. The van der Waals surface area contributed by atoms with E-state index >= 15 is 0 Å². The van der Waals surface area contributed by atoms with Crippen LogP contribution in [0.3, 0.4) is 0 Å². The summed E-state index contributed by atoms with van der Waals surface area (Å²) in [6.45, 7) is 6.42. The van der Waals surface area contributed by atoms with Crippen molar-refractivity contribution in [2.75, 3.05) is 0 Å². The zero-order chi connectivity index (χ0) is 13.5. The van der Waals surface area contributed by atoms with Gasteiger partial charge < -0.3 is 9.88 Å². The second-order valence-corrected chi connectivity index (χ2v) is 5.32. The minimum absolute atomic E-state index is 0.535. The smallest absolute Gasteiger partial charge is 0.0361 e. The first-order valence-electron chi connectivity index (χ1n) is 7.17. The number of hydrogen-bond acceptors (Lipinski definition) is 1. The van der Waals surface area contributed by atoms with Gasteiger partial charge in [-0.2, -0.15) is 0 Å². The van der Waals surface area contributed by atoms with Crippen molar-refractivity contribution >= 4 is 0 Å². The van der Waals surface area contributed by atoms with Crippen LogP contribution in [-0.2, 0) is 19.5 Å². The van der Waals surface area contributed by atoms with E-state index in [-0.39, 0.29) is 0 Å². The lowest BCUT2D eigenvalue weighted by atomic mass is 10.1. The standard InChI is InChI=1S/C17H24N2/c1-15(2)18-14-17-11-7-13-19(17)12-6-10-16-8-4-3-5-9-16/h3-5,7-9,11,13,15,18H,6,10,12,14H2,1-2H3. The fraction of sp³-hybridized carbons (Fsp3) is 0.412. The first-order valence-corrected chi connectivity index (χ1v) is 7.17. The maximum atomic E-state index is 3.48. The molecule has 2 nitrogen and oxygen atoms in total. The number of hydrogen-bond donors (Lipinski definition) is 1.